The van der Waals surface area contributed by atoms with E-state index in [2.05, 4.69) is 27.6 Å². The average molecular weight is 1530 g/mol. The maximum Gasteiger partial charge on any atom is 0.522 e. The van der Waals surface area contributed by atoms with Crippen molar-refractivity contribution in [1.29, 1.82) is 0 Å². The monoisotopic (exact) mass is 1530 g/mol. The summed E-state index contributed by atoms with van der Waals surface area (Å²) in [4.78, 5) is 190. The fourth-order valence-electron chi connectivity index (χ4n) is 16.5. The first kappa shape index (κ1) is 88.4. The van der Waals surface area contributed by atoms with Gasteiger partial charge in [-0.2, -0.15) is 13.2 Å². The molecule has 3 N–H and O–H groups in total. The highest BCUT2D eigenvalue weighted by Crippen LogP contribution is 2.44. The van der Waals surface area contributed by atoms with Crippen molar-refractivity contribution in [3.8, 4) is 0 Å². The summed E-state index contributed by atoms with van der Waals surface area (Å²) in [6.07, 6.45) is -7.17. The molecule has 0 aromatic carbocycles. The predicted molar refractivity (Wildman–Crippen MR) is 383 cm³/mol. The van der Waals surface area contributed by atoms with Crippen LogP contribution in [0.3, 0.4) is 0 Å². The Morgan fingerprint density at radius 3 is 1.75 bits per heavy atom. The molecule has 4 saturated carbocycles. The summed E-state index contributed by atoms with van der Waals surface area (Å²) in [6.45, 7) is 11.4. The van der Waals surface area contributed by atoms with Crippen LogP contribution in [-0.2, 0) is 62.3 Å². The van der Waals surface area contributed by atoms with Gasteiger partial charge in [-0.25, -0.2) is 0 Å². The van der Waals surface area contributed by atoms with E-state index in [1.165, 1.54) is 102 Å². The van der Waals surface area contributed by atoms with Crippen LogP contribution >= 0.6 is 11.6 Å². The lowest BCUT2D eigenvalue weighted by atomic mass is 9.78. The molecular formula is C74H119ClF6N12O13. The number of rotatable bonds is 13. The van der Waals surface area contributed by atoms with Crippen LogP contribution in [0.1, 0.15) is 196 Å². The van der Waals surface area contributed by atoms with E-state index in [4.69, 9.17) is 11.6 Å². The second kappa shape index (κ2) is 37.7. The van der Waals surface area contributed by atoms with Crippen molar-refractivity contribution < 1.29 is 88.6 Å². The first-order chi connectivity index (χ1) is 49.4. The van der Waals surface area contributed by atoms with E-state index in [0.717, 1.165) is 45.3 Å². The Labute approximate surface area is 626 Å². The minimum Gasteiger partial charge on any atom is -0.347 e. The Kier molecular flexibility index (Phi) is 31.5. The fraction of sp³-hybridized carbons (Fsp3) is 0.838. The van der Waals surface area contributed by atoms with E-state index in [9.17, 15) is 59.9 Å². The van der Waals surface area contributed by atoms with Gasteiger partial charge in [-0.1, -0.05) is 98.8 Å². The van der Waals surface area contributed by atoms with E-state index in [1.807, 2.05) is 0 Å². The minimum absolute atomic E-state index is 0.0113. The Bertz CT molecular complexity index is 3120. The first-order valence-electron chi connectivity index (χ1n) is 38.1. The second-order valence-electron chi connectivity index (χ2n) is 31.9. The smallest absolute Gasteiger partial charge is 0.347 e. The number of halogens is 7. The van der Waals surface area contributed by atoms with E-state index in [1.54, 1.807) is 27.7 Å². The first-order valence-corrected chi connectivity index (χ1v) is 38.6. The molecule has 0 bridgehead atoms. The Morgan fingerprint density at radius 2 is 1.20 bits per heavy atom. The number of fused-ring (bicyclic) bond motifs is 1. The number of amides is 12. The zero-order chi connectivity index (χ0) is 79.5. The summed E-state index contributed by atoms with van der Waals surface area (Å²) in [7, 11) is 12.3. The third-order valence-electron chi connectivity index (χ3n) is 24.4. The van der Waals surface area contributed by atoms with Gasteiger partial charge in [-0.15, -0.1) is 24.8 Å². The van der Waals surface area contributed by atoms with Gasteiger partial charge in [0.15, 0.2) is 0 Å². The lowest BCUT2D eigenvalue weighted by Gasteiger charge is -2.45. The highest BCUT2D eigenvalue weighted by Gasteiger charge is 2.52. The normalized spacial score (nSPS) is 32.3. The zero-order valence-electron chi connectivity index (χ0n) is 65.0. The average Bonchev–Trinajstić information content (AvgIpc) is 1.79. The van der Waals surface area contributed by atoms with Crippen LogP contribution in [0, 0.1) is 41.4 Å². The molecule has 0 radical (unpaired) electrons. The molecule has 4 aliphatic carbocycles. The molecule has 2 aliphatic heterocycles. The Balaban J connectivity index is 1.48. The summed E-state index contributed by atoms with van der Waals surface area (Å²) in [5, 5.41) is 7.20. The standard InChI is InChI=1S/C74H119ClF6N12O13/c1-17-43(4)60-69(103)88(12)46(7)64(98)93-35-32-54(93)68(102)90(14)56(38-48-26-24-42(3)25-27-48)67(101)86(10)41-58(94)82-53(31-29-47-28-30-51(52(75)37-47)73(76,77)78)65(99)89(13)55(39-49-22-21-23-50(36-49)106-74(79,80)81)63(97)84-72(33-19-20-34-72)71(105)92(16)61(44(5)18-2)70(104)91(15)57(66(100)85(8)9)40-59(95)87(11)45(6)62(96)83-60/h42-57,60-61H,17-41H2,1-16H3,(H,82,94)(H,83,96)(H,84,97)/t42?,43-,44-,45-,46-,47?,48?,49?,50?,51?,52?,53-,54-,55-,56-,57-,60-,61-/m0/s1. The van der Waals surface area contributed by atoms with Crippen LogP contribution in [0.15, 0.2) is 0 Å². The van der Waals surface area contributed by atoms with Gasteiger partial charge < -0.3 is 60.0 Å². The van der Waals surface area contributed by atoms with E-state index >= 15 is 24.0 Å². The molecule has 106 heavy (non-hydrogen) atoms. The Morgan fingerprint density at radius 1 is 0.604 bits per heavy atom. The van der Waals surface area contributed by atoms with Gasteiger partial charge in [0.05, 0.1) is 25.0 Å². The maximum atomic E-state index is 15.7. The molecule has 0 aromatic heterocycles. The minimum atomic E-state index is -5.01. The molecule has 16 atom stereocenters. The number of carbonyl (C=O) groups is 12. The molecule has 5 unspecified atom stereocenters. The molecule has 1 spiro atoms. The maximum absolute atomic E-state index is 15.7. The molecule has 602 valence electrons. The van der Waals surface area contributed by atoms with Crippen LogP contribution in [0.5, 0.6) is 0 Å². The number of hydrogen-bond acceptors (Lipinski definition) is 13. The molecule has 2 heterocycles. The van der Waals surface area contributed by atoms with Crippen molar-refractivity contribution in [2.45, 2.75) is 280 Å². The molecule has 2 saturated heterocycles. The van der Waals surface area contributed by atoms with Gasteiger partial charge >= 0.3 is 12.5 Å². The molecular weight excluding hydrogens is 1410 g/mol. The molecule has 25 nitrogen and oxygen atoms in total. The summed E-state index contributed by atoms with van der Waals surface area (Å²) in [5.74, 6) is -12.8. The summed E-state index contributed by atoms with van der Waals surface area (Å²) >= 11 is 6.43. The molecule has 6 rings (SSSR count). The molecule has 12 amide bonds. The second-order valence-corrected chi connectivity index (χ2v) is 32.5. The molecule has 0 aromatic rings. The van der Waals surface area contributed by atoms with Gasteiger partial charge in [0, 0.05) is 75.4 Å². The Hall–Kier alpha value is -6.53. The number of likely N-dealkylation sites (N-methyl/N-ethyl adjacent to an activating group) is 8. The number of ether oxygens (including phenoxy) is 1. The van der Waals surface area contributed by atoms with Crippen LogP contribution in [0.2, 0.25) is 0 Å². The van der Waals surface area contributed by atoms with Crippen LogP contribution in [0.4, 0.5) is 26.3 Å². The largest absolute Gasteiger partial charge is 0.522 e. The highest BCUT2D eigenvalue weighted by molar-refractivity contribution is 6.21. The topological polar surface area (TPSA) is 279 Å². The van der Waals surface area contributed by atoms with Crippen LogP contribution < -0.4 is 16.0 Å². The lowest BCUT2D eigenvalue weighted by molar-refractivity contribution is -0.346. The quantitative estimate of drug-likeness (QED) is 0.123. The van der Waals surface area contributed by atoms with Crippen molar-refractivity contribution in [2.75, 3.05) is 76.5 Å². The third-order valence-corrected chi connectivity index (χ3v) is 24.9. The number of hydrogen-bond donors (Lipinski definition) is 3. The molecule has 6 aliphatic rings. The van der Waals surface area contributed by atoms with Crippen molar-refractivity contribution in [1.82, 2.24) is 60.0 Å². The van der Waals surface area contributed by atoms with Crippen molar-refractivity contribution in [2.24, 2.45) is 41.4 Å². The van der Waals surface area contributed by atoms with E-state index < -0.39 is 197 Å². The molecule has 32 heteroatoms. The van der Waals surface area contributed by atoms with Gasteiger partial charge in [0.2, 0.25) is 70.9 Å². The third kappa shape index (κ3) is 21.9. The van der Waals surface area contributed by atoms with E-state index in [-0.39, 0.29) is 109 Å². The summed E-state index contributed by atoms with van der Waals surface area (Å²) in [6, 6.07) is -12.1. The molecule has 6 fully saturated rings. The van der Waals surface area contributed by atoms with Crippen molar-refractivity contribution in [3.05, 3.63) is 0 Å². The fourth-order valence-corrected chi connectivity index (χ4v) is 17.0. The number of nitrogens with zero attached hydrogens (tertiary/aromatic N) is 9. The number of carbonyl (C=O) groups excluding carboxylic acids is 12. The van der Waals surface area contributed by atoms with Crippen LogP contribution in [-0.4, -0.2) is 275 Å². The zero-order valence-corrected chi connectivity index (χ0v) is 65.8. The van der Waals surface area contributed by atoms with Gasteiger partial charge in [0.1, 0.15) is 59.9 Å². The number of alkyl halides is 7. The van der Waals surface area contributed by atoms with Gasteiger partial charge in [-0.3, -0.25) is 62.3 Å². The lowest BCUT2D eigenvalue weighted by Crippen LogP contribution is -2.65. The van der Waals surface area contributed by atoms with Crippen LogP contribution in [0.25, 0.3) is 0 Å². The highest BCUT2D eigenvalue weighted by atomic mass is 35.5. The SMILES string of the molecule is CC[C@H](C)[C@@H]1NC(=O)[C@H](C)N(C)C(=O)C[C@@H](C(=O)N(C)C)N(C)C(=O)[C@H]([C@@H](C)CC)N(C)C(=O)C2(CCCC2)NC(=O)[C@H](CC2CCCC(OC(F)(F)F)C2)N(C)C(=O)[C@H](CCC2CCC(C(F)(F)F)C(Cl)C2)NC(=O)CN(C)C(=O)[C@H](CC2CCC(C)CC2)N(C)C(=O)[C@@H]2CCN2C(=O)[C@H](C)N(C)C1=O. The van der Waals surface area contributed by atoms with Crippen molar-refractivity contribution in [3.63, 3.8) is 0 Å². The summed E-state index contributed by atoms with van der Waals surface area (Å²) in [5.41, 5.74) is -1.79. The van der Waals surface area contributed by atoms with Gasteiger partial charge in [-0.05, 0) is 126 Å². The van der Waals surface area contributed by atoms with Gasteiger partial charge in [0.25, 0.3) is 0 Å². The summed E-state index contributed by atoms with van der Waals surface area (Å²) < 4.78 is 88.6. The van der Waals surface area contributed by atoms with Crippen molar-refractivity contribution >= 4 is 82.5 Å². The van der Waals surface area contributed by atoms with E-state index in [0.29, 0.717) is 25.2 Å². The number of nitrogens with one attached hydrogen (secondary N) is 3. The predicted octanol–water partition coefficient (Wildman–Crippen LogP) is 7.10.